The fraction of sp³-hybridized carbons (Fsp3) is 0.0667. The molecule has 0 unspecified atom stereocenters. The lowest BCUT2D eigenvalue weighted by atomic mass is 10.2. The molecule has 106 valence electrons. The molecule has 0 aliphatic carbocycles. The van der Waals surface area contributed by atoms with E-state index in [2.05, 4.69) is 31.2 Å². The van der Waals surface area contributed by atoms with Crippen LogP contribution in [0.15, 0.2) is 52.4 Å². The summed E-state index contributed by atoms with van der Waals surface area (Å²) in [6, 6.07) is 11.6. The number of thiazole rings is 1. The minimum absolute atomic E-state index is 0.786. The highest BCUT2D eigenvalue weighted by Gasteiger charge is 2.08. The van der Waals surface area contributed by atoms with Crippen LogP contribution in [0.3, 0.4) is 0 Å². The Bertz CT molecular complexity index is 746. The van der Waals surface area contributed by atoms with Gasteiger partial charge in [-0.15, -0.1) is 11.3 Å². The first-order chi connectivity index (χ1) is 10.3. The van der Waals surface area contributed by atoms with Crippen molar-refractivity contribution in [2.45, 2.75) is 0 Å². The van der Waals surface area contributed by atoms with Crippen molar-refractivity contribution in [2.75, 3.05) is 12.4 Å². The number of methoxy groups -OCH3 is 1. The summed E-state index contributed by atoms with van der Waals surface area (Å²) in [6.45, 7) is 0. The Balaban J connectivity index is 1.83. The number of ether oxygens (including phenoxy) is 1. The van der Waals surface area contributed by atoms with E-state index in [4.69, 9.17) is 4.74 Å². The molecule has 6 heteroatoms. The van der Waals surface area contributed by atoms with E-state index in [1.807, 2.05) is 41.8 Å². The third-order valence-electron chi connectivity index (χ3n) is 2.85. The topological polar surface area (TPSA) is 47.0 Å². The standard InChI is InChI=1S/C15H12BrN3OS/c1-20-13-6-5-10(8-11(13)16)12-9-21-15(18-12)19-14-4-2-3-7-17-14/h2-9H,1H3,(H,17,18,19). The maximum absolute atomic E-state index is 5.23. The fourth-order valence-electron chi connectivity index (χ4n) is 1.84. The summed E-state index contributed by atoms with van der Waals surface area (Å²) in [7, 11) is 1.65. The molecule has 0 fully saturated rings. The Labute approximate surface area is 135 Å². The summed E-state index contributed by atoms with van der Waals surface area (Å²) in [5, 5.41) is 6.02. The van der Waals surface area contributed by atoms with Crippen LogP contribution in [-0.2, 0) is 0 Å². The average Bonchev–Trinajstić information content (AvgIpc) is 2.97. The first kappa shape index (κ1) is 14.0. The Hall–Kier alpha value is -1.92. The smallest absolute Gasteiger partial charge is 0.188 e. The molecule has 0 saturated carbocycles. The second-order valence-corrected chi connectivity index (χ2v) is 5.94. The van der Waals surface area contributed by atoms with Crippen LogP contribution in [0.1, 0.15) is 0 Å². The zero-order valence-electron chi connectivity index (χ0n) is 11.2. The minimum atomic E-state index is 0.786. The second-order valence-electron chi connectivity index (χ2n) is 4.23. The average molecular weight is 362 g/mol. The van der Waals surface area contributed by atoms with Crippen LogP contribution in [0.25, 0.3) is 11.3 Å². The number of hydrogen-bond donors (Lipinski definition) is 1. The third-order valence-corrected chi connectivity index (χ3v) is 4.23. The van der Waals surface area contributed by atoms with Crippen LogP contribution in [0.5, 0.6) is 5.75 Å². The van der Waals surface area contributed by atoms with Gasteiger partial charge in [0, 0.05) is 17.1 Å². The number of anilines is 2. The number of benzene rings is 1. The van der Waals surface area contributed by atoms with E-state index in [1.54, 1.807) is 24.6 Å². The largest absolute Gasteiger partial charge is 0.496 e. The van der Waals surface area contributed by atoms with Crippen LogP contribution >= 0.6 is 27.3 Å². The van der Waals surface area contributed by atoms with Gasteiger partial charge in [0.1, 0.15) is 11.6 Å². The summed E-state index contributed by atoms with van der Waals surface area (Å²) < 4.78 is 6.15. The van der Waals surface area contributed by atoms with Gasteiger partial charge in [-0.3, -0.25) is 0 Å². The van der Waals surface area contributed by atoms with Gasteiger partial charge in [0.2, 0.25) is 0 Å². The number of aromatic nitrogens is 2. The number of hydrogen-bond acceptors (Lipinski definition) is 5. The Kier molecular flexibility index (Phi) is 4.17. The van der Waals surface area contributed by atoms with Crippen molar-refractivity contribution in [2.24, 2.45) is 0 Å². The fourth-order valence-corrected chi connectivity index (χ4v) is 3.10. The van der Waals surface area contributed by atoms with Crippen LogP contribution in [0.2, 0.25) is 0 Å². The van der Waals surface area contributed by atoms with Gasteiger partial charge < -0.3 is 10.1 Å². The predicted molar refractivity (Wildman–Crippen MR) is 89.3 cm³/mol. The molecular weight excluding hydrogens is 350 g/mol. The van der Waals surface area contributed by atoms with E-state index in [9.17, 15) is 0 Å². The summed E-state index contributed by atoms with van der Waals surface area (Å²) in [5.41, 5.74) is 1.95. The first-order valence-electron chi connectivity index (χ1n) is 6.24. The van der Waals surface area contributed by atoms with Crippen LogP contribution < -0.4 is 10.1 Å². The molecule has 0 saturated heterocycles. The molecule has 1 aromatic carbocycles. The monoisotopic (exact) mass is 361 g/mol. The molecule has 3 aromatic rings. The molecule has 0 bridgehead atoms. The highest BCUT2D eigenvalue weighted by atomic mass is 79.9. The van der Waals surface area contributed by atoms with Gasteiger partial charge in [-0.1, -0.05) is 6.07 Å². The maximum atomic E-state index is 5.23. The molecule has 0 aliphatic heterocycles. The molecular formula is C15H12BrN3OS. The van der Waals surface area contributed by atoms with Gasteiger partial charge in [-0.05, 0) is 46.3 Å². The van der Waals surface area contributed by atoms with Gasteiger partial charge in [0.05, 0.1) is 17.3 Å². The highest BCUT2D eigenvalue weighted by molar-refractivity contribution is 9.10. The molecule has 21 heavy (non-hydrogen) atoms. The molecule has 0 spiro atoms. The van der Waals surface area contributed by atoms with Crippen molar-refractivity contribution in [1.29, 1.82) is 0 Å². The third kappa shape index (κ3) is 3.22. The lowest BCUT2D eigenvalue weighted by Crippen LogP contribution is -1.91. The SMILES string of the molecule is COc1ccc(-c2csc(Nc3ccccn3)n2)cc1Br. The Morgan fingerprint density at radius 2 is 2.14 bits per heavy atom. The molecule has 4 nitrogen and oxygen atoms in total. The van der Waals surface area contributed by atoms with Gasteiger partial charge in [0.15, 0.2) is 5.13 Å². The molecule has 2 aromatic heterocycles. The normalized spacial score (nSPS) is 10.4. The first-order valence-corrected chi connectivity index (χ1v) is 7.91. The van der Waals surface area contributed by atoms with Crippen LogP contribution in [0, 0.1) is 0 Å². The predicted octanol–water partition coefficient (Wildman–Crippen LogP) is 4.72. The van der Waals surface area contributed by atoms with Crippen LogP contribution in [0.4, 0.5) is 10.9 Å². The Morgan fingerprint density at radius 3 is 2.86 bits per heavy atom. The zero-order valence-corrected chi connectivity index (χ0v) is 13.6. The summed E-state index contributed by atoms with van der Waals surface area (Å²) in [6.07, 6.45) is 1.75. The van der Waals surface area contributed by atoms with E-state index in [0.29, 0.717) is 0 Å². The molecule has 0 radical (unpaired) electrons. The molecule has 0 atom stereocenters. The van der Waals surface area contributed by atoms with Crippen LogP contribution in [-0.4, -0.2) is 17.1 Å². The van der Waals surface area contributed by atoms with Gasteiger partial charge >= 0.3 is 0 Å². The van der Waals surface area contributed by atoms with Gasteiger partial charge in [0.25, 0.3) is 0 Å². The molecule has 3 rings (SSSR count). The van der Waals surface area contributed by atoms with E-state index in [1.165, 1.54) is 0 Å². The van der Waals surface area contributed by atoms with E-state index in [-0.39, 0.29) is 0 Å². The number of rotatable bonds is 4. The quantitative estimate of drug-likeness (QED) is 0.730. The molecule has 1 N–H and O–H groups in total. The number of nitrogens with zero attached hydrogens (tertiary/aromatic N) is 2. The maximum Gasteiger partial charge on any atom is 0.188 e. The van der Waals surface area contributed by atoms with Gasteiger partial charge in [-0.25, -0.2) is 9.97 Å². The van der Waals surface area contributed by atoms with E-state index < -0.39 is 0 Å². The lowest BCUT2D eigenvalue weighted by molar-refractivity contribution is 0.412. The van der Waals surface area contributed by atoms with Crippen molar-refractivity contribution < 1.29 is 4.74 Å². The second kappa shape index (κ2) is 6.24. The van der Waals surface area contributed by atoms with Gasteiger partial charge in [-0.2, -0.15) is 0 Å². The zero-order chi connectivity index (χ0) is 14.7. The summed E-state index contributed by atoms with van der Waals surface area (Å²) >= 11 is 5.04. The molecule has 2 heterocycles. The van der Waals surface area contributed by atoms with Crippen molar-refractivity contribution in [3.63, 3.8) is 0 Å². The van der Waals surface area contributed by atoms with Crippen molar-refractivity contribution >= 4 is 38.2 Å². The number of nitrogens with one attached hydrogen (secondary N) is 1. The Morgan fingerprint density at radius 1 is 1.24 bits per heavy atom. The molecule has 0 aliphatic rings. The summed E-state index contributed by atoms with van der Waals surface area (Å²) in [5.74, 6) is 1.59. The highest BCUT2D eigenvalue weighted by Crippen LogP contribution is 2.32. The minimum Gasteiger partial charge on any atom is -0.496 e. The number of pyridine rings is 1. The molecule has 0 amide bonds. The van der Waals surface area contributed by atoms with Crippen molar-refractivity contribution in [3.05, 3.63) is 52.4 Å². The van der Waals surface area contributed by atoms with E-state index in [0.717, 1.165) is 32.4 Å². The lowest BCUT2D eigenvalue weighted by Gasteiger charge is -2.04. The summed E-state index contributed by atoms with van der Waals surface area (Å²) in [4.78, 5) is 8.80. The van der Waals surface area contributed by atoms with Crippen molar-refractivity contribution in [1.82, 2.24) is 9.97 Å². The van der Waals surface area contributed by atoms with Crippen molar-refractivity contribution in [3.8, 4) is 17.0 Å². The van der Waals surface area contributed by atoms with E-state index >= 15 is 0 Å². The number of halogens is 1.